The highest BCUT2D eigenvalue weighted by Gasteiger charge is 2.15. The molecule has 1 aromatic carbocycles. The Balaban J connectivity index is 2.15. The number of nitrogens with two attached hydrogens (primary N) is 1. The van der Waals surface area contributed by atoms with Crippen molar-refractivity contribution in [2.45, 2.75) is 11.4 Å². The summed E-state index contributed by atoms with van der Waals surface area (Å²) in [6.45, 7) is 0.571. The van der Waals surface area contributed by atoms with Gasteiger partial charge in [0, 0.05) is 11.1 Å². The lowest BCUT2D eigenvalue weighted by Crippen LogP contribution is -2.20. The van der Waals surface area contributed by atoms with E-state index in [1.165, 1.54) is 24.5 Å². The predicted molar refractivity (Wildman–Crippen MR) is 76.5 cm³/mol. The monoisotopic (exact) mass is 298 g/mol. The van der Waals surface area contributed by atoms with Crippen LogP contribution in [0.15, 0.2) is 34.0 Å². The Morgan fingerprint density at radius 3 is 2.79 bits per heavy atom. The molecule has 0 amide bonds. The van der Waals surface area contributed by atoms with Crippen LogP contribution in [0, 0.1) is 0 Å². The summed E-state index contributed by atoms with van der Waals surface area (Å²) in [7, 11) is -2.17. The quantitative estimate of drug-likeness (QED) is 0.722. The molecule has 102 valence electrons. The summed E-state index contributed by atoms with van der Waals surface area (Å²) < 4.78 is 25.6. The number of sulfonamides is 1. The SMILES string of the molecule is CNS(=O)(=O)c1ccc(NCc2cscn2)cc1N. The summed E-state index contributed by atoms with van der Waals surface area (Å²) in [5, 5.41) is 5.07. The molecule has 4 N–H and O–H groups in total. The predicted octanol–water partition coefficient (Wildman–Crippen LogP) is 1.25. The smallest absolute Gasteiger partial charge is 0.242 e. The number of hydrogen-bond acceptors (Lipinski definition) is 6. The third-order valence-corrected chi connectivity index (χ3v) is 4.65. The second-order valence-electron chi connectivity index (χ2n) is 3.79. The van der Waals surface area contributed by atoms with E-state index >= 15 is 0 Å². The van der Waals surface area contributed by atoms with Gasteiger partial charge in [-0.2, -0.15) is 0 Å². The third-order valence-electron chi connectivity index (χ3n) is 2.53. The van der Waals surface area contributed by atoms with Crippen molar-refractivity contribution >= 4 is 32.7 Å². The van der Waals surface area contributed by atoms with Crippen LogP contribution in [-0.4, -0.2) is 20.4 Å². The van der Waals surface area contributed by atoms with Crippen LogP contribution >= 0.6 is 11.3 Å². The van der Waals surface area contributed by atoms with Gasteiger partial charge in [0.1, 0.15) is 4.90 Å². The van der Waals surface area contributed by atoms with Crippen LogP contribution in [-0.2, 0) is 16.6 Å². The van der Waals surface area contributed by atoms with Crippen LogP contribution in [0.25, 0.3) is 0 Å². The van der Waals surface area contributed by atoms with Crippen molar-refractivity contribution in [3.63, 3.8) is 0 Å². The Bertz CT molecular complexity index is 653. The van der Waals surface area contributed by atoms with Gasteiger partial charge in [-0.15, -0.1) is 11.3 Å². The number of anilines is 2. The number of aromatic nitrogens is 1. The van der Waals surface area contributed by atoms with Gasteiger partial charge in [0.15, 0.2) is 0 Å². The first-order valence-electron chi connectivity index (χ1n) is 5.47. The maximum atomic E-state index is 11.7. The van der Waals surface area contributed by atoms with Gasteiger partial charge in [-0.3, -0.25) is 0 Å². The molecule has 0 spiro atoms. The molecular weight excluding hydrogens is 284 g/mol. The van der Waals surface area contributed by atoms with Crippen molar-refractivity contribution in [3.05, 3.63) is 34.8 Å². The molecule has 0 radical (unpaired) electrons. The third kappa shape index (κ3) is 3.22. The average molecular weight is 298 g/mol. The fraction of sp³-hybridized carbons (Fsp3) is 0.182. The van der Waals surface area contributed by atoms with Crippen molar-refractivity contribution < 1.29 is 8.42 Å². The summed E-state index contributed by atoms with van der Waals surface area (Å²) in [5.74, 6) is 0. The minimum absolute atomic E-state index is 0.0780. The summed E-state index contributed by atoms with van der Waals surface area (Å²) >= 11 is 1.52. The van der Waals surface area contributed by atoms with E-state index in [2.05, 4.69) is 15.0 Å². The van der Waals surface area contributed by atoms with Gasteiger partial charge < -0.3 is 11.1 Å². The molecule has 0 bridgehead atoms. The lowest BCUT2D eigenvalue weighted by molar-refractivity contribution is 0.588. The first-order valence-corrected chi connectivity index (χ1v) is 7.89. The molecule has 0 saturated heterocycles. The molecule has 1 aromatic heterocycles. The van der Waals surface area contributed by atoms with E-state index in [0.717, 1.165) is 11.4 Å². The highest BCUT2D eigenvalue weighted by Crippen LogP contribution is 2.22. The fourth-order valence-electron chi connectivity index (χ4n) is 1.53. The van der Waals surface area contributed by atoms with Gasteiger partial charge in [-0.25, -0.2) is 18.1 Å². The number of nitrogens with zero attached hydrogens (tertiary/aromatic N) is 1. The Morgan fingerprint density at radius 2 is 2.21 bits per heavy atom. The number of nitrogens with one attached hydrogen (secondary N) is 2. The van der Waals surface area contributed by atoms with Gasteiger partial charge in [0.25, 0.3) is 0 Å². The molecule has 2 rings (SSSR count). The zero-order valence-corrected chi connectivity index (χ0v) is 11.9. The number of hydrogen-bond donors (Lipinski definition) is 3. The van der Waals surface area contributed by atoms with Crippen LogP contribution in [0.4, 0.5) is 11.4 Å². The van der Waals surface area contributed by atoms with Crippen molar-refractivity contribution in [2.75, 3.05) is 18.1 Å². The second-order valence-corrected chi connectivity index (χ2v) is 6.37. The summed E-state index contributed by atoms with van der Waals surface area (Å²) in [4.78, 5) is 4.22. The first kappa shape index (κ1) is 13.8. The normalized spacial score (nSPS) is 11.4. The molecule has 0 unspecified atom stereocenters. The molecule has 0 aliphatic carbocycles. The molecule has 2 aromatic rings. The van der Waals surface area contributed by atoms with E-state index in [9.17, 15) is 8.42 Å². The van der Waals surface area contributed by atoms with Crippen LogP contribution in [0.1, 0.15) is 5.69 Å². The lowest BCUT2D eigenvalue weighted by atomic mass is 10.3. The summed E-state index contributed by atoms with van der Waals surface area (Å²) in [6.07, 6.45) is 0. The van der Waals surface area contributed by atoms with E-state index in [4.69, 9.17) is 5.73 Å². The van der Waals surface area contributed by atoms with E-state index in [1.54, 1.807) is 17.6 Å². The molecule has 1 heterocycles. The Labute approximate surface area is 115 Å². The van der Waals surface area contributed by atoms with E-state index < -0.39 is 10.0 Å². The molecule has 0 saturated carbocycles. The molecule has 0 fully saturated rings. The fourth-order valence-corrected chi connectivity index (χ4v) is 2.93. The first-order chi connectivity index (χ1) is 9.03. The zero-order chi connectivity index (χ0) is 13.9. The largest absolute Gasteiger partial charge is 0.398 e. The van der Waals surface area contributed by atoms with Crippen LogP contribution in [0.3, 0.4) is 0 Å². The molecule has 0 aliphatic heterocycles. The Kier molecular flexibility index (Phi) is 4.03. The van der Waals surface area contributed by atoms with Crippen molar-refractivity contribution in [1.29, 1.82) is 0 Å². The number of rotatable bonds is 5. The number of thiazole rings is 1. The van der Waals surface area contributed by atoms with Crippen LogP contribution < -0.4 is 15.8 Å². The van der Waals surface area contributed by atoms with Crippen LogP contribution in [0.2, 0.25) is 0 Å². The average Bonchev–Trinajstić information content (AvgIpc) is 2.89. The minimum atomic E-state index is -3.52. The van der Waals surface area contributed by atoms with Gasteiger partial charge in [-0.05, 0) is 25.2 Å². The maximum absolute atomic E-state index is 11.7. The van der Waals surface area contributed by atoms with Gasteiger partial charge in [0.2, 0.25) is 10.0 Å². The van der Waals surface area contributed by atoms with Gasteiger partial charge in [0.05, 0.1) is 23.4 Å². The van der Waals surface area contributed by atoms with Crippen molar-refractivity contribution in [1.82, 2.24) is 9.71 Å². The zero-order valence-electron chi connectivity index (χ0n) is 10.3. The van der Waals surface area contributed by atoms with Crippen LogP contribution in [0.5, 0.6) is 0 Å². The summed E-state index contributed by atoms with van der Waals surface area (Å²) in [5.41, 5.74) is 9.40. The molecule has 0 atom stereocenters. The topological polar surface area (TPSA) is 97.1 Å². The lowest BCUT2D eigenvalue weighted by Gasteiger charge is -2.09. The van der Waals surface area contributed by atoms with Crippen molar-refractivity contribution in [3.8, 4) is 0 Å². The Morgan fingerprint density at radius 1 is 1.42 bits per heavy atom. The van der Waals surface area contributed by atoms with Gasteiger partial charge in [-0.1, -0.05) is 0 Å². The van der Waals surface area contributed by atoms with E-state index in [-0.39, 0.29) is 10.6 Å². The molecule has 0 aliphatic rings. The molecular formula is C11H14N4O2S2. The summed E-state index contributed by atoms with van der Waals surface area (Å²) in [6, 6.07) is 4.74. The highest BCUT2D eigenvalue weighted by molar-refractivity contribution is 7.89. The number of nitrogen functional groups attached to an aromatic ring is 1. The Hall–Kier alpha value is -1.64. The molecule has 19 heavy (non-hydrogen) atoms. The van der Waals surface area contributed by atoms with Crippen molar-refractivity contribution in [2.24, 2.45) is 0 Å². The number of benzene rings is 1. The maximum Gasteiger partial charge on any atom is 0.242 e. The second kappa shape index (κ2) is 5.55. The van der Waals surface area contributed by atoms with Gasteiger partial charge >= 0.3 is 0 Å². The minimum Gasteiger partial charge on any atom is -0.398 e. The van der Waals surface area contributed by atoms with E-state index in [1.807, 2.05) is 5.38 Å². The van der Waals surface area contributed by atoms with E-state index in [0.29, 0.717) is 6.54 Å². The highest BCUT2D eigenvalue weighted by atomic mass is 32.2. The standard InChI is InChI=1S/C11H14N4O2S2/c1-13-19(16,17)11-3-2-8(4-10(11)12)14-5-9-6-18-7-15-9/h2-4,6-7,13-14H,5,12H2,1H3. The molecule has 8 heteroatoms. The molecule has 6 nitrogen and oxygen atoms in total.